The Bertz CT molecular complexity index is 855. The maximum Gasteiger partial charge on any atom is 0.250 e. The average molecular weight is 262 g/mol. The fourth-order valence-electron chi connectivity index (χ4n) is 2.08. The Morgan fingerprint density at radius 1 is 0.800 bits per heavy atom. The second kappa shape index (κ2) is 4.31. The van der Waals surface area contributed by atoms with E-state index in [1.165, 1.54) is 0 Å². The fraction of sp³-hybridized carbons (Fsp3) is 0. The van der Waals surface area contributed by atoms with Gasteiger partial charge >= 0.3 is 0 Å². The summed E-state index contributed by atoms with van der Waals surface area (Å²) >= 11 is 0. The molecule has 4 rings (SSSR count). The van der Waals surface area contributed by atoms with Crippen molar-refractivity contribution in [2.24, 2.45) is 0 Å². The summed E-state index contributed by atoms with van der Waals surface area (Å²) in [6.07, 6.45) is 0. The van der Waals surface area contributed by atoms with Crippen molar-refractivity contribution in [1.82, 2.24) is 15.2 Å². The topological polar surface area (TPSA) is 63.8 Å². The molecule has 0 saturated heterocycles. The first kappa shape index (κ1) is 10.9. The lowest BCUT2D eigenvalue weighted by molar-refractivity contribution is 0.585. The van der Waals surface area contributed by atoms with Crippen LogP contribution < -0.4 is 5.32 Å². The highest BCUT2D eigenvalue weighted by Crippen LogP contribution is 2.27. The maximum absolute atomic E-state index is 5.70. The molecule has 2 heterocycles. The molecule has 0 amide bonds. The summed E-state index contributed by atoms with van der Waals surface area (Å²) in [5.74, 6) is 1.82. The molecule has 1 aromatic carbocycles. The van der Waals surface area contributed by atoms with Gasteiger partial charge < -0.3 is 4.42 Å². The molecule has 0 unspecified atom stereocenters. The molecule has 5 heteroatoms. The van der Waals surface area contributed by atoms with E-state index in [2.05, 4.69) is 20.5 Å². The summed E-state index contributed by atoms with van der Waals surface area (Å²) < 4.78 is 5.70. The second-order valence-corrected chi connectivity index (χ2v) is 4.39. The Balaban J connectivity index is 1.71. The first-order valence-electron chi connectivity index (χ1n) is 6.23. The summed E-state index contributed by atoms with van der Waals surface area (Å²) in [5.41, 5.74) is 2.62. The summed E-state index contributed by atoms with van der Waals surface area (Å²) in [4.78, 5) is 4.39. The van der Waals surface area contributed by atoms with E-state index < -0.39 is 0 Å². The highest BCUT2D eigenvalue weighted by atomic mass is 16.4. The van der Waals surface area contributed by atoms with Crippen molar-refractivity contribution in [3.05, 3.63) is 54.6 Å². The molecule has 1 N–H and O–H groups in total. The molecule has 20 heavy (non-hydrogen) atoms. The van der Waals surface area contributed by atoms with Gasteiger partial charge in [0.05, 0.1) is 5.52 Å². The largest absolute Gasteiger partial charge is 0.440 e. The third-order valence-electron chi connectivity index (χ3n) is 3.04. The molecular weight excluding hydrogens is 252 g/mol. The smallest absolute Gasteiger partial charge is 0.250 e. The van der Waals surface area contributed by atoms with Crippen LogP contribution in [0.3, 0.4) is 0 Å². The number of para-hydroxylation sites is 1. The third kappa shape index (κ3) is 1.85. The van der Waals surface area contributed by atoms with Crippen LogP contribution in [0.2, 0.25) is 0 Å². The first-order chi connectivity index (χ1) is 9.88. The normalized spacial score (nSPS) is 11.0. The van der Waals surface area contributed by atoms with Crippen LogP contribution in [0.25, 0.3) is 22.4 Å². The van der Waals surface area contributed by atoms with Gasteiger partial charge in [0.2, 0.25) is 5.95 Å². The minimum Gasteiger partial charge on any atom is -0.440 e. The first-order valence-corrected chi connectivity index (χ1v) is 6.23. The van der Waals surface area contributed by atoms with Crippen molar-refractivity contribution >= 4 is 22.9 Å². The van der Waals surface area contributed by atoms with Crippen molar-refractivity contribution < 1.29 is 4.42 Å². The summed E-state index contributed by atoms with van der Waals surface area (Å²) in [5, 5.41) is 11.2. The molecule has 0 fully saturated rings. The number of nitrogens with zero attached hydrogens (tertiary/aromatic N) is 3. The van der Waals surface area contributed by atoms with Crippen LogP contribution in [-0.2, 0) is 0 Å². The fourth-order valence-corrected chi connectivity index (χ4v) is 2.08. The second-order valence-electron chi connectivity index (χ2n) is 4.39. The lowest BCUT2D eigenvalue weighted by atomic mass is 10.2. The van der Waals surface area contributed by atoms with Crippen LogP contribution in [0.1, 0.15) is 0 Å². The van der Waals surface area contributed by atoms with E-state index in [0.717, 1.165) is 22.4 Å². The molecule has 0 spiro atoms. The zero-order chi connectivity index (χ0) is 13.4. The van der Waals surface area contributed by atoms with Crippen molar-refractivity contribution in [3.8, 4) is 11.3 Å². The lowest BCUT2D eigenvalue weighted by Crippen LogP contribution is -1.99. The van der Waals surface area contributed by atoms with E-state index in [4.69, 9.17) is 4.42 Å². The number of fused-ring (bicyclic) bond motifs is 2. The van der Waals surface area contributed by atoms with Crippen molar-refractivity contribution in [2.75, 3.05) is 5.32 Å². The number of hydrogen-bond acceptors (Lipinski definition) is 5. The standard InChI is InChI=1S/C15H10N4O/c1-2-6-12-11(5-1)16-15(19-18-12)17-14-9-8-10-4-3-7-13(10)20-14/h1-9H,(H,16,17,19). The Kier molecular flexibility index (Phi) is 2.35. The Morgan fingerprint density at radius 3 is 2.65 bits per heavy atom. The SMILES string of the molecule is c1cc2ccc(Nc3nnc4ccccc4n3)oc-2c1. The molecule has 2 aliphatic rings. The molecule has 0 radical (unpaired) electrons. The molecule has 1 aliphatic heterocycles. The number of nitrogens with one attached hydrogen (secondary N) is 1. The van der Waals surface area contributed by atoms with Crippen LogP contribution in [0.5, 0.6) is 0 Å². The third-order valence-corrected chi connectivity index (χ3v) is 3.04. The van der Waals surface area contributed by atoms with Gasteiger partial charge in [-0.3, -0.25) is 5.32 Å². The number of hydrogen-bond donors (Lipinski definition) is 1. The molecule has 96 valence electrons. The zero-order valence-corrected chi connectivity index (χ0v) is 10.4. The van der Waals surface area contributed by atoms with Gasteiger partial charge in [0.1, 0.15) is 11.3 Å². The molecular formula is C15H10N4O. The summed E-state index contributed by atoms with van der Waals surface area (Å²) in [6.45, 7) is 0. The number of benzene rings is 1. The molecule has 0 atom stereocenters. The average Bonchev–Trinajstić information content (AvgIpc) is 2.95. The van der Waals surface area contributed by atoms with Crippen molar-refractivity contribution in [3.63, 3.8) is 0 Å². The van der Waals surface area contributed by atoms with Gasteiger partial charge in [-0.25, -0.2) is 4.98 Å². The van der Waals surface area contributed by atoms with Crippen molar-refractivity contribution in [2.45, 2.75) is 0 Å². The monoisotopic (exact) mass is 262 g/mol. The molecule has 5 nitrogen and oxygen atoms in total. The molecule has 0 saturated carbocycles. The van der Waals surface area contributed by atoms with Gasteiger partial charge in [-0.2, -0.15) is 0 Å². The molecule has 0 bridgehead atoms. The quantitative estimate of drug-likeness (QED) is 0.599. The molecule has 2 aromatic rings. The number of rotatable bonds is 2. The van der Waals surface area contributed by atoms with Crippen LogP contribution in [0.15, 0.2) is 59.0 Å². The van der Waals surface area contributed by atoms with E-state index in [9.17, 15) is 0 Å². The van der Waals surface area contributed by atoms with Gasteiger partial charge in [-0.05, 0) is 30.3 Å². The summed E-state index contributed by atoms with van der Waals surface area (Å²) in [6, 6.07) is 17.3. The van der Waals surface area contributed by atoms with Crippen LogP contribution in [0, 0.1) is 0 Å². The van der Waals surface area contributed by atoms with Crippen molar-refractivity contribution in [1.29, 1.82) is 0 Å². The van der Waals surface area contributed by atoms with Crippen LogP contribution in [-0.4, -0.2) is 15.2 Å². The number of anilines is 2. The van der Waals surface area contributed by atoms with Crippen LogP contribution in [0.4, 0.5) is 11.8 Å². The van der Waals surface area contributed by atoms with E-state index in [1.54, 1.807) is 0 Å². The van der Waals surface area contributed by atoms with Gasteiger partial charge in [0.15, 0.2) is 5.88 Å². The molecule has 1 aromatic heterocycles. The predicted octanol–water partition coefficient (Wildman–Crippen LogP) is 3.47. The molecule has 1 aliphatic carbocycles. The Morgan fingerprint density at radius 2 is 1.70 bits per heavy atom. The van der Waals surface area contributed by atoms with E-state index >= 15 is 0 Å². The van der Waals surface area contributed by atoms with E-state index in [1.807, 2.05) is 54.6 Å². The lowest BCUT2D eigenvalue weighted by Gasteiger charge is -2.06. The number of aromatic nitrogens is 3. The maximum atomic E-state index is 5.70. The minimum absolute atomic E-state index is 0.415. The zero-order valence-electron chi connectivity index (χ0n) is 10.4. The highest BCUT2D eigenvalue weighted by Gasteiger charge is 2.07. The minimum atomic E-state index is 0.415. The van der Waals surface area contributed by atoms with E-state index in [-0.39, 0.29) is 0 Å². The van der Waals surface area contributed by atoms with E-state index in [0.29, 0.717) is 11.8 Å². The van der Waals surface area contributed by atoms with Gasteiger partial charge in [-0.1, -0.05) is 24.3 Å². The van der Waals surface area contributed by atoms with Gasteiger partial charge in [-0.15, -0.1) is 10.2 Å². The van der Waals surface area contributed by atoms with Crippen LogP contribution >= 0.6 is 0 Å². The Hall–Kier alpha value is -2.95. The summed E-state index contributed by atoms with van der Waals surface area (Å²) in [7, 11) is 0. The van der Waals surface area contributed by atoms with Gasteiger partial charge in [0.25, 0.3) is 0 Å². The predicted molar refractivity (Wildman–Crippen MR) is 75.9 cm³/mol. The van der Waals surface area contributed by atoms with Gasteiger partial charge in [0, 0.05) is 5.56 Å². The Labute approximate surface area is 114 Å². The highest BCUT2D eigenvalue weighted by molar-refractivity contribution is 5.74.